The van der Waals surface area contributed by atoms with Gasteiger partial charge in [0.2, 0.25) is 10.0 Å². The summed E-state index contributed by atoms with van der Waals surface area (Å²) < 4.78 is 27.8. The van der Waals surface area contributed by atoms with Gasteiger partial charge in [0.25, 0.3) is 5.91 Å². The van der Waals surface area contributed by atoms with Gasteiger partial charge in [0.1, 0.15) is 0 Å². The van der Waals surface area contributed by atoms with E-state index in [2.05, 4.69) is 25.0 Å². The van der Waals surface area contributed by atoms with Crippen LogP contribution in [0.5, 0.6) is 0 Å². The maximum atomic E-state index is 12.6. The highest BCUT2D eigenvalue weighted by Gasteiger charge is 2.19. The minimum absolute atomic E-state index is 0.0200. The molecule has 32 heavy (non-hydrogen) atoms. The molecule has 0 aliphatic carbocycles. The second-order valence-corrected chi connectivity index (χ2v) is 9.21. The van der Waals surface area contributed by atoms with Gasteiger partial charge in [-0.1, -0.05) is 12.1 Å². The largest absolute Gasteiger partial charge is 0.382 e. The molecule has 0 aliphatic rings. The van der Waals surface area contributed by atoms with Gasteiger partial charge in [-0.2, -0.15) is 0 Å². The zero-order valence-corrected chi connectivity index (χ0v) is 18.8. The molecule has 3 rings (SSSR count). The van der Waals surface area contributed by atoms with Gasteiger partial charge in [-0.3, -0.25) is 9.78 Å². The Balaban J connectivity index is 1.80. The third-order valence-electron chi connectivity index (χ3n) is 4.39. The molecule has 4 N–H and O–H groups in total. The van der Waals surface area contributed by atoms with Crippen molar-refractivity contribution in [1.82, 2.24) is 24.6 Å². The average molecular weight is 456 g/mol. The van der Waals surface area contributed by atoms with Crippen molar-refractivity contribution in [2.75, 3.05) is 31.7 Å². The molecule has 1 atom stereocenters. The van der Waals surface area contributed by atoms with Crippen LogP contribution in [0.3, 0.4) is 0 Å². The quantitative estimate of drug-likeness (QED) is 0.465. The number of aromatic nitrogens is 3. The number of nitrogens with zero attached hydrogens (tertiary/aromatic N) is 4. The second kappa shape index (κ2) is 9.81. The lowest BCUT2D eigenvalue weighted by Gasteiger charge is -2.18. The third kappa shape index (κ3) is 5.84. The van der Waals surface area contributed by atoms with Crippen molar-refractivity contribution in [2.45, 2.75) is 17.9 Å². The molecule has 168 valence electrons. The van der Waals surface area contributed by atoms with Crippen LogP contribution in [0.15, 0.2) is 59.9 Å². The average Bonchev–Trinajstić information content (AvgIpc) is 2.74. The van der Waals surface area contributed by atoms with Crippen molar-refractivity contribution >= 4 is 27.4 Å². The number of benzene rings is 1. The topological polar surface area (TPSA) is 143 Å². The molecule has 2 heterocycles. The lowest BCUT2D eigenvalue weighted by atomic mass is 10.1. The normalized spacial score (nSPS) is 12.5. The van der Waals surface area contributed by atoms with Crippen LogP contribution in [-0.4, -0.2) is 60.9 Å². The molecule has 0 fully saturated rings. The van der Waals surface area contributed by atoms with E-state index in [1.54, 1.807) is 37.4 Å². The number of rotatable bonds is 8. The summed E-state index contributed by atoms with van der Waals surface area (Å²) in [6, 6.07) is 9.29. The Hall–Kier alpha value is -3.41. The van der Waals surface area contributed by atoms with E-state index in [4.69, 9.17) is 5.73 Å². The number of nitrogens with two attached hydrogens (primary N) is 1. The van der Waals surface area contributed by atoms with E-state index < -0.39 is 15.9 Å². The minimum atomic E-state index is -3.67. The summed E-state index contributed by atoms with van der Waals surface area (Å²) in [5.41, 5.74) is 7.27. The van der Waals surface area contributed by atoms with Gasteiger partial charge in [-0.15, -0.1) is 0 Å². The summed E-state index contributed by atoms with van der Waals surface area (Å²) >= 11 is 0. The summed E-state index contributed by atoms with van der Waals surface area (Å²) in [6.45, 7) is 2.37. The van der Waals surface area contributed by atoms with Crippen LogP contribution in [0.4, 0.5) is 11.5 Å². The number of carbonyl (C=O) groups excluding carboxylic acids is 1. The van der Waals surface area contributed by atoms with Crippen LogP contribution in [0.25, 0.3) is 11.3 Å². The van der Waals surface area contributed by atoms with Gasteiger partial charge in [-0.05, 0) is 45.3 Å². The third-order valence-corrected chi connectivity index (χ3v) is 6.00. The second-order valence-electron chi connectivity index (χ2n) is 7.49. The number of likely N-dealkylation sites (N-methyl/N-ethyl adjacent to an activating group) is 1. The van der Waals surface area contributed by atoms with Crippen molar-refractivity contribution in [1.29, 1.82) is 0 Å². The van der Waals surface area contributed by atoms with Crippen molar-refractivity contribution < 1.29 is 13.2 Å². The van der Waals surface area contributed by atoms with Gasteiger partial charge in [0, 0.05) is 24.3 Å². The molecule has 1 amide bonds. The van der Waals surface area contributed by atoms with Gasteiger partial charge in [0.15, 0.2) is 11.5 Å². The van der Waals surface area contributed by atoms with E-state index in [0.717, 1.165) is 0 Å². The van der Waals surface area contributed by atoms with Crippen LogP contribution >= 0.6 is 0 Å². The monoisotopic (exact) mass is 455 g/mol. The number of pyridine rings is 1. The molecule has 10 nitrogen and oxygen atoms in total. The summed E-state index contributed by atoms with van der Waals surface area (Å²) in [6.07, 6.45) is 4.52. The van der Waals surface area contributed by atoms with Gasteiger partial charge >= 0.3 is 0 Å². The Morgan fingerprint density at radius 1 is 1.16 bits per heavy atom. The lowest BCUT2D eigenvalue weighted by molar-refractivity contribution is 0.102. The molecule has 0 saturated heterocycles. The van der Waals surface area contributed by atoms with Crippen LogP contribution in [0, 0.1) is 0 Å². The van der Waals surface area contributed by atoms with Crippen molar-refractivity contribution in [2.24, 2.45) is 0 Å². The van der Waals surface area contributed by atoms with E-state index >= 15 is 0 Å². The molecule has 1 unspecified atom stereocenters. The number of hydrogen-bond donors (Lipinski definition) is 3. The Morgan fingerprint density at radius 2 is 1.88 bits per heavy atom. The van der Waals surface area contributed by atoms with Gasteiger partial charge < -0.3 is 16.0 Å². The van der Waals surface area contributed by atoms with Crippen LogP contribution in [0.2, 0.25) is 0 Å². The summed E-state index contributed by atoms with van der Waals surface area (Å²) in [7, 11) is 0.0773. The number of sulfonamides is 1. The van der Waals surface area contributed by atoms with Crippen molar-refractivity contribution in [3.8, 4) is 11.3 Å². The maximum Gasteiger partial charge on any atom is 0.278 e. The van der Waals surface area contributed by atoms with Crippen LogP contribution in [-0.2, 0) is 10.0 Å². The van der Waals surface area contributed by atoms with Crippen LogP contribution < -0.4 is 15.8 Å². The minimum Gasteiger partial charge on any atom is -0.382 e. The Labute approximate surface area is 187 Å². The van der Waals surface area contributed by atoms with Crippen molar-refractivity contribution in [3.63, 3.8) is 0 Å². The van der Waals surface area contributed by atoms with Gasteiger partial charge in [0.05, 0.1) is 28.7 Å². The lowest BCUT2D eigenvalue weighted by Crippen LogP contribution is -2.39. The number of nitrogens with one attached hydrogen (secondary N) is 2. The predicted octanol–water partition coefficient (Wildman–Crippen LogP) is 1.60. The fraction of sp³-hybridized carbons (Fsp3) is 0.238. The molecule has 0 radical (unpaired) electrons. The molecular weight excluding hydrogens is 430 g/mol. The first kappa shape index (κ1) is 23.3. The molecule has 1 aromatic carbocycles. The smallest absolute Gasteiger partial charge is 0.278 e. The number of anilines is 2. The zero-order valence-electron chi connectivity index (χ0n) is 18.0. The molecule has 0 aliphatic heterocycles. The number of hydrogen-bond acceptors (Lipinski definition) is 8. The van der Waals surface area contributed by atoms with E-state index in [1.165, 1.54) is 24.5 Å². The summed E-state index contributed by atoms with van der Waals surface area (Å²) in [4.78, 5) is 26.9. The Kier molecular flexibility index (Phi) is 7.13. The van der Waals surface area contributed by atoms with E-state index in [9.17, 15) is 13.2 Å². The van der Waals surface area contributed by atoms with Crippen LogP contribution in [0.1, 0.15) is 17.4 Å². The standard InChI is InChI=1S/C21H25N7O3S/c1-14(13-28(2)3)27-32(30,31)17-8-6-15(7-9-17)18-12-24-20(22)19(26-18)21(29)25-16-5-4-10-23-11-16/h4-12,14,27H,13H2,1-3H3,(H2,22,24)(H,25,29). The summed E-state index contributed by atoms with van der Waals surface area (Å²) in [5.74, 6) is -0.545. The molecule has 2 aromatic heterocycles. The van der Waals surface area contributed by atoms with Crippen molar-refractivity contribution in [3.05, 3.63) is 60.7 Å². The molecule has 3 aromatic rings. The van der Waals surface area contributed by atoms with E-state index in [1.807, 2.05) is 19.0 Å². The predicted molar refractivity (Wildman–Crippen MR) is 122 cm³/mol. The highest BCUT2D eigenvalue weighted by atomic mass is 32.2. The van der Waals surface area contributed by atoms with E-state index in [-0.39, 0.29) is 22.4 Å². The summed E-state index contributed by atoms with van der Waals surface area (Å²) in [5, 5.41) is 2.66. The first-order chi connectivity index (χ1) is 15.2. The van der Waals surface area contributed by atoms with Gasteiger partial charge in [-0.25, -0.2) is 23.1 Å². The molecule has 11 heteroatoms. The molecular formula is C21H25N7O3S. The first-order valence-corrected chi connectivity index (χ1v) is 11.3. The number of amides is 1. The zero-order chi connectivity index (χ0) is 23.3. The molecule has 0 bridgehead atoms. The SMILES string of the molecule is CC(CN(C)C)NS(=O)(=O)c1ccc(-c2cnc(N)c(C(=O)Nc3cccnc3)n2)cc1. The first-order valence-electron chi connectivity index (χ1n) is 9.77. The highest BCUT2D eigenvalue weighted by Crippen LogP contribution is 2.21. The Bertz CT molecular complexity index is 1180. The maximum absolute atomic E-state index is 12.6. The van der Waals surface area contributed by atoms with E-state index in [0.29, 0.717) is 23.5 Å². The number of nitrogen functional groups attached to an aromatic ring is 1. The molecule has 0 saturated carbocycles. The molecule has 0 spiro atoms. The Morgan fingerprint density at radius 3 is 2.50 bits per heavy atom. The fourth-order valence-corrected chi connectivity index (χ4v) is 4.29. The highest BCUT2D eigenvalue weighted by molar-refractivity contribution is 7.89. The fourth-order valence-electron chi connectivity index (χ4n) is 3.05. The number of carbonyl (C=O) groups is 1.